The molecule has 1 atom stereocenters. The number of carbonyl (C=O) groups excluding carboxylic acids is 1. The summed E-state index contributed by atoms with van der Waals surface area (Å²) < 4.78 is 52.4. The van der Waals surface area contributed by atoms with Crippen molar-refractivity contribution in [2.24, 2.45) is 0 Å². The lowest BCUT2D eigenvalue weighted by atomic mass is 10.0. The molecule has 4 rings (SSSR count). The molecular formula is C17H16F4N6O. The van der Waals surface area contributed by atoms with E-state index in [2.05, 4.69) is 30.9 Å². The molecule has 7 nitrogen and oxygen atoms in total. The average molecular weight is 396 g/mol. The lowest BCUT2D eigenvalue weighted by molar-refractivity contribution is -0.123. The second-order valence-electron chi connectivity index (χ2n) is 6.76. The maximum atomic E-state index is 14.2. The molecule has 2 aliphatic rings. The van der Waals surface area contributed by atoms with Gasteiger partial charge in [-0.3, -0.25) is 4.79 Å². The van der Waals surface area contributed by atoms with E-state index in [1.54, 1.807) is 0 Å². The molecule has 1 saturated carbocycles. The van der Waals surface area contributed by atoms with E-state index in [4.69, 9.17) is 0 Å². The molecule has 3 heterocycles. The summed E-state index contributed by atoms with van der Waals surface area (Å²) in [6.07, 6.45) is 0.101. The van der Waals surface area contributed by atoms with Crippen LogP contribution in [0.1, 0.15) is 30.1 Å². The molecule has 0 bridgehead atoms. The zero-order chi connectivity index (χ0) is 19.9. The standard InChI is InChI=1S/C17H16F4N6O/c18-8-3-9-10(5-23-13(9)22-4-8)14-24-6-11(19)15(26-14)27-17(1-2-17)16(28)25-7-12(20)21/h3-4,6,10,12H,1-2,5,7H2,(H,22,23)(H,25,28)(H,24,26,27). The number of pyridine rings is 1. The smallest absolute Gasteiger partial charge is 0.255 e. The van der Waals surface area contributed by atoms with Gasteiger partial charge in [0.2, 0.25) is 5.91 Å². The number of halogens is 4. The maximum Gasteiger partial charge on any atom is 0.255 e. The Kier molecular flexibility index (Phi) is 4.52. The van der Waals surface area contributed by atoms with Gasteiger partial charge < -0.3 is 16.0 Å². The van der Waals surface area contributed by atoms with E-state index < -0.39 is 42.0 Å². The fourth-order valence-electron chi connectivity index (χ4n) is 3.14. The fraction of sp³-hybridized carbons (Fsp3) is 0.412. The largest absolute Gasteiger partial charge is 0.369 e. The first-order valence-electron chi connectivity index (χ1n) is 8.64. The van der Waals surface area contributed by atoms with Crippen LogP contribution in [0.2, 0.25) is 0 Å². The molecule has 148 valence electrons. The van der Waals surface area contributed by atoms with Gasteiger partial charge in [0.25, 0.3) is 6.43 Å². The number of rotatable bonds is 6. The number of amides is 1. The Hall–Kier alpha value is -2.98. The van der Waals surface area contributed by atoms with Gasteiger partial charge in [0.15, 0.2) is 11.6 Å². The number of nitrogens with zero attached hydrogens (tertiary/aromatic N) is 3. The predicted octanol–water partition coefficient (Wildman–Crippen LogP) is 2.03. The van der Waals surface area contributed by atoms with Crippen LogP contribution in [0.15, 0.2) is 18.5 Å². The number of hydrogen-bond acceptors (Lipinski definition) is 6. The van der Waals surface area contributed by atoms with Crippen molar-refractivity contribution < 1.29 is 22.4 Å². The Labute approximate surface area is 157 Å². The highest BCUT2D eigenvalue weighted by atomic mass is 19.3. The van der Waals surface area contributed by atoms with Crippen LogP contribution in [-0.2, 0) is 4.79 Å². The first-order valence-corrected chi connectivity index (χ1v) is 8.64. The number of aromatic nitrogens is 3. The van der Waals surface area contributed by atoms with E-state index in [1.165, 1.54) is 6.07 Å². The van der Waals surface area contributed by atoms with Crippen LogP contribution in [0.5, 0.6) is 0 Å². The SMILES string of the molecule is O=C(NCC(F)F)C1(Nc2nc(C3CNc4ncc(F)cc43)ncc2F)CC1. The van der Waals surface area contributed by atoms with Crippen molar-refractivity contribution in [1.29, 1.82) is 0 Å². The van der Waals surface area contributed by atoms with Crippen LogP contribution in [0.4, 0.5) is 29.2 Å². The van der Waals surface area contributed by atoms with Crippen molar-refractivity contribution in [3.63, 3.8) is 0 Å². The Bertz CT molecular complexity index is 921. The van der Waals surface area contributed by atoms with Crippen molar-refractivity contribution in [3.8, 4) is 0 Å². The summed E-state index contributed by atoms with van der Waals surface area (Å²) in [5, 5.41) is 7.87. The Morgan fingerprint density at radius 2 is 2.07 bits per heavy atom. The number of carbonyl (C=O) groups is 1. The summed E-state index contributed by atoms with van der Waals surface area (Å²) in [6.45, 7) is -0.417. The van der Waals surface area contributed by atoms with Crippen LogP contribution in [0, 0.1) is 11.6 Å². The third kappa shape index (κ3) is 3.43. The lowest BCUT2D eigenvalue weighted by Crippen LogP contribution is -2.43. The third-order valence-corrected chi connectivity index (χ3v) is 4.77. The molecule has 0 saturated heterocycles. The summed E-state index contributed by atoms with van der Waals surface area (Å²) in [4.78, 5) is 24.3. The number of hydrogen-bond donors (Lipinski definition) is 3. The van der Waals surface area contributed by atoms with Crippen molar-refractivity contribution in [3.05, 3.63) is 41.5 Å². The average Bonchev–Trinajstić information content (AvgIpc) is 3.33. The molecule has 1 aliphatic carbocycles. The highest BCUT2D eigenvalue weighted by Gasteiger charge is 2.50. The van der Waals surface area contributed by atoms with E-state index in [0.29, 0.717) is 30.8 Å². The Morgan fingerprint density at radius 3 is 2.79 bits per heavy atom. The number of alkyl halides is 2. The van der Waals surface area contributed by atoms with Crippen molar-refractivity contribution >= 4 is 17.5 Å². The summed E-state index contributed by atoms with van der Waals surface area (Å²) >= 11 is 0. The third-order valence-electron chi connectivity index (χ3n) is 4.77. The second-order valence-corrected chi connectivity index (χ2v) is 6.76. The molecule has 1 fully saturated rings. The van der Waals surface area contributed by atoms with Crippen molar-refractivity contribution in [1.82, 2.24) is 20.3 Å². The molecule has 0 radical (unpaired) electrons. The lowest BCUT2D eigenvalue weighted by Gasteiger charge is -2.19. The first-order chi connectivity index (χ1) is 13.4. The molecule has 3 N–H and O–H groups in total. The van der Waals surface area contributed by atoms with Crippen LogP contribution in [0.25, 0.3) is 0 Å². The van der Waals surface area contributed by atoms with Gasteiger partial charge in [0, 0.05) is 12.1 Å². The van der Waals surface area contributed by atoms with E-state index in [1.807, 2.05) is 0 Å². The molecule has 1 amide bonds. The minimum Gasteiger partial charge on any atom is -0.369 e. The van der Waals surface area contributed by atoms with Crippen LogP contribution in [0.3, 0.4) is 0 Å². The first kappa shape index (κ1) is 18.4. The molecule has 0 spiro atoms. The van der Waals surface area contributed by atoms with Gasteiger partial charge in [0.05, 0.1) is 24.9 Å². The van der Waals surface area contributed by atoms with Crippen LogP contribution >= 0.6 is 0 Å². The second kappa shape index (κ2) is 6.88. The van der Waals surface area contributed by atoms with Crippen molar-refractivity contribution in [2.45, 2.75) is 30.7 Å². The molecule has 0 aromatic carbocycles. The normalized spacial score (nSPS) is 19.1. The van der Waals surface area contributed by atoms with Crippen molar-refractivity contribution in [2.75, 3.05) is 23.7 Å². The minimum atomic E-state index is -2.67. The molecule has 11 heteroatoms. The van der Waals surface area contributed by atoms with Gasteiger partial charge in [-0.25, -0.2) is 32.5 Å². The molecule has 1 aliphatic heterocycles. The monoisotopic (exact) mass is 396 g/mol. The Morgan fingerprint density at radius 1 is 1.29 bits per heavy atom. The number of fused-ring (bicyclic) bond motifs is 1. The van der Waals surface area contributed by atoms with Gasteiger partial charge in [0.1, 0.15) is 23.0 Å². The van der Waals surface area contributed by atoms with E-state index in [0.717, 1.165) is 12.4 Å². The highest BCUT2D eigenvalue weighted by molar-refractivity contribution is 5.92. The van der Waals surface area contributed by atoms with Gasteiger partial charge >= 0.3 is 0 Å². The zero-order valence-corrected chi connectivity index (χ0v) is 14.5. The summed E-state index contributed by atoms with van der Waals surface area (Å²) in [5.74, 6) is -1.84. The zero-order valence-electron chi connectivity index (χ0n) is 14.5. The van der Waals surface area contributed by atoms with E-state index in [-0.39, 0.29) is 11.6 Å². The predicted molar refractivity (Wildman–Crippen MR) is 91.1 cm³/mol. The van der Waals surface area contributed by atoms with E-state index in [9.17, 15) is 22.4 Å². The quantitative estimate of drug-likeness (QED) is 0.648. The minimum absolute atomic E-state index is 0.201. The van der Waals surface area contributed by atoms with E-state index >= 15 is 0 Å². The maximum absolute atomic E-state index is 14.2. The topological polar surface area (TPSA) is 91.8 Å². The molecule has 2 aromatic heterocycles. The molecule has 1 unspecified atom stereocenters. The fourth-order valence-corrected chi connectivity index (χ4v) is 3.14. The summed E-state index contributed by atoms with van der Waals surface area (Å²) in [5.41, 5.74) is -0.616. The number of nitrogens with one attached hydrogen (secondary N) is 3. The van der Waals surface area contributed by atoms with Gasteiger partial charge in [-0.05, 0) is 18.9 Å². The summed E-state index contributed by atoms with van der Waals surface area (Å²) in [6, 6.07) is 1.31. The van der Waals surface area contributed by atoms with Gasteiger partial charge in [-0.15, -0.1) is 0 Å². The summed E-state index contributed by atoms with van der Waals surface area (Å²) in [7, 11) is 0. The van der Waals surface area contributed by atoms with Gasteiger partial charge in [-0.2, -0.15) is 0 Å². The molecule has 2 aromatic rings. The molecular weight excluding hydrogens is 380 g/mol. The van der Waals surface area contributed by atoms with Crippen LogP contribution in [-0.4, -0.2) is 45.9 Å². The number of anilines is 2. The van der Waals surface area contributed by atoms with Gasteiger partial charge in [-0.1, -0.05) is 0 Å². The molecule has 28 heavy (non-hydrogen) atoms. The highest BCUT2D eigenvalue weighted by Crippen LogP contribution is 2.40. The van der Waals surface area contributed by atoms with Crippen LogP contribution < -0.4 is 16.0 Å². The Balaban J connectivity index is 1.56.